The highest BCUT2D eigenvalue weighted by atomic mass is 16.5. The highest BCUT2D eigenvalue weighted by molar-refractivity contribution is 5.75. The molecule has 1 aromatic carbocycles. The molecule has 0 N–H and O–H groups in total. The van der Waals surface area contributed by atoms with Crippen LogP contribution in [-0.4, -0.2) is 38.1 Å². The summed E-state index contributed by atoms with van der Waals surface area (Å²) >= 11 is 0. The van der Waals surface area contributed by atoms with Crippen LogP contribution in [0.4, 0.5) is 0 Å². The SMILES string of the molecule is CCCCC(=O)N(C)CCOc1ccc(OC)cc1. The third kappa shape index (κ3) is 5.64. The van der Waals surface area contributed by atoms with Crippen molar-refractivity contribution in [3.8, 4) is 11.5 Å². The maximum Gasteiger partial charge on any atom is 0.222 e. The molecular formula is C15H23NO3. The van der Waals surface area contributed by atoms with E-state index in [0.717, 1.165) is 24.3 Å². The van der Waals surface area contributed by atoms with Crippen molar-refractivity contribution in [2.45, 2.75) is 26.2 Å². The average Bonchev–Trinajstić information content (AvgIpc) is 2.45. The molecule has 4 nitrogen and oxygen atoms in total. The molecule has 0 aliphatic rings. The van der Waals surface area contributed by atoms with E-state index in [2.05, 4.69) is 6.92 Å². The number of ether oxygens (including phenoxy) is 2. The first-order valence-corrected chi connectivity index (χ1v) is 6.68. The van der Waals surface area contributed by atoms with Gasteiger partial charge in [0.25, 0.3) is 0 Å². The molecule has 0 heterocycles. The van der Waals surface area contributed by atoms with E-state index < -0.39 is 0 Å². The fourth-order valence-corrected chi connectivity index (χ4v) is 1.62. The molecule has 0 radical (unpaired) electrons. The fraction of sp³-hybridized carbons (Fsp3) is 0.533. The summed E-state index contributed by atoms with van der Waals surface area (Å²) in [7, 11) is 3.45. The van der Waals surface area contributed by atoms with Crippen LogP contribution < -0.4 is 9.47 Å². The Hall–Kier alpha value is -1.71. The van der Waals surface area contributed by atoms with Crippen LogP contribution in [0.3, 0.4) is 0 Å². The number of carbonyl (C=O) groups excluding carboxylic acids is 1. The van der Waals surface area contributed by atoms with Crippen LogP contribution in [0.2, 0.25) is 0 Å². The Balaban J connectivity index is 2.26. The molecule has 0 spiro atoms. The van der Waals surface area contributed by atoms with Crippen LogP contribution in [0, 0.1) is 0 Å². The van der Waals surface area contributed by atoms with E-state index in [1.807, 2.05) is 31.3 Å². The Labute approximate surface area is 115 Å². The van der Waals surface area contributed by atoms with Crippen LogP contribution >= 0.6 is 0 Å². The van der Waals surface area contributed by atoms with Crippen molar-refractivity contribution >= 4 is 5.91 Å². The maximum absolute atomic E-state index is 11.7. The Morgan fingerprint density at radius 1 is 1.21 bits per heavy atom. The first-order chi connectivity index (χ1) is 9.17. The molecule has 19 heavy (non-hydrogen) atoms. The third-order valence-electron chi connectivity index (χ3n) is 2.92. The quantitative estimate of drug-likeness (QED) is 0.725. The minimum absolute atomic E-state index is 0.181. The number of unbranched alkanes of at least 4 members (excludes halogenated alkanes) is 1. The van der Waals surface area contributed by atoms with Gasteiger partial charge in [-0.1, -0.05) is 13.3 Å². The summed E-state index contributed by atoms with van der Waals surface area (Å²) < 4.78 is 10.7. The van der Waals surface area contributed by atoms with E-state index in [1.165, 1.54) is 0 Å². The summed E-state index contributed by atoms with van der Waals surface area (Å²) in [6.45, 7) is 3.19. The van der Waals surface area contributed by atoms with Crippen LogP contribution in [0.5, 0.6) is 11.5 Å². The molecular weight excluding hydrogens is 242 g/mol. The smallest absolute Gasteiger partial charge is 0.222 e. The van der Waals surface area contributed by atoms with Crippen molar-refractivity contribution < 1.29 is 14.3 Å². The van der Waals surface area contributed by atoms with E-state index in [4.69, 9.17) is 9.47 Å². The Bertz CT molecular complexity index is 375. The monoisotopic (exact) mass is 265 g/mol. The molecule has 1 amide bonds. The fourth-order valence-electron chi connectivity index (χ4n) is 1.62. The molecule has 0 atom stereocenters. The van der Waals surface area contributed by atoms with Gasteiger partial charge in [-0.2, -0.15) is 0 Å². The number of rotatable bonds is 8. The number of nitrogens with zero attached hydrogens (tertiary/aromatic N) is 1. The van der Waals surface area contributed by atoms with Crippen molar-refractivity contribution in [3.05, 3.63) is 24.3 Å². The van der Waals surface area contributed by atoms with Gasteiger partial charge in [0.05, 0.1) is 13.7 Å². The van der Waals surface area contributed by atoms with Crippen molar-refractivity contribution in [2.24, 2.45) is 0 Å². The van der Waals surface area contributed by atoms with Gasteiger partial charge in [0.2, 0.25) is 5.91 Å². The standard InChI is InChI=1S/C15H23NO3/c1-4-5-6-15(17)16(2)11-12-19-14-9-7-13(18-3)8-10-14/h7-10H,4-6,11-12H2,1-3H3. The summed E-state index contributed by atoms with van der Waals surface area (Å²) in [5.41, 5.74) is 0. The molecule has 1 aromatic rings. The minimum atomic E-state index is 0.181. The summed E-state index contributed by atoms with van der Waals surface area (Å²) in [6, 6.07) is 7.42. The highest BCUT2D eigenvalue weighted by Crippen LogP contribution is 2.16. The lowest BCUT2D eigenvalue weighted by molar-refractivity contribution is -0.130. The second-order valence-electron chi connectivity index (χ2n) is 4.44. The number of carbonyl (C=O) groups is 1. The lowest BCUT2D eigenvalue weighted by Gasteiger charge is -2.17. The van der Waals surface area contributed by atoms with Crippen molar-refractivity contribution in [1.82, 2.24) is 4.90 Å². The van der Waals surface area contributed by atoms with Crippen molar-refractivity contribution in [1.29, 1.82) is 0 Å². The lowest BCUT2D eigenvalue weighted by Crippen LogP contribution is -2.30. The maximum atomic E-state index is 11.7. The van der Waals surface area contributed by atoms with E-state index in [9.17, 15) is 4.79 Å². The zero-order valence-electron chi connectivity index (χ0n) is 12.0. The Morgan fingerprint density at radius 3 is 2.42 bits per heavy atom. The van der Waals surface area contributed by atoms with Gasteiger partial charge in [-0.05, 0) is 30.7 Å². The van der Waals surface area contributed by atoms with Gasteiger partial charge >= 0.3 is 0 Å². The number of hydrogen-bond donors (Lipinski definition) is 0. The number of likely N-dealkylation sites (N-methyl/N-ethyl adjacent to an activating group) is 1. The molecule has 0 bridgehead atoms. The molecule has 0 saturated carbocycles. The summed E-state index contributed by atoms with van der Waals surface area (Å²) in [4.78, 5) is 13.4. The molecule has 0 aromatic heterocycles. The predicted octanol–water partition coefficient (Wildman–Crippen LogP) is 2.72. The summed E-state index contributed by atoms with van der Waals surface area (Å²) in [5.74, 6) is 1.77. The third-order valence-corrected chi connectivity index (χ3v) is 2.92. The minimum Gasteiger partial charge on any atom is -0.497 e. The topological polar surface area (TPSA) is 38.8 Å². The molecule has 1 rings (SSSR count). The molecule has 0 aliphatic carbocycles. The van der Waals surface area contributed by atoms with Gasteiger partial charge in [-0.3, -0.25) is 4.79 Å². The second kappa shape index (κ2) is 8.40. The summed E-state index contributed by atoms with van der Waals surface area (Å²) in [6.07, 6.45) is 2.61. The zero-order valence-corrected chi connectivity index (χ0v) is 12.0. The first-order valence-electron chi connectivity index (χ1n) is 6.68. The number of methoxy groups -OCH3 is 1. The Kier molecular flexibility index (Phi) is 6.79. The van der Waals surface area contributed by atoms with Gasteiger partial charge in [0.15, 0.2) is 0 Å². The Morgan fingerprint density at radius 2 is 1.84 bits per heavy atom. The van der Waals surface area contributed by atoms with Gasteiger partial charge in [0.1, 0.15) is 18.1 Å². The normalized spacial score (nSPS) is 10.1. The molecule has 4 heteroatoms. The lowest BCUT2D eigenvalue weighted by atomic mass is 10.2. The predicted molar refractivity (Wildman–Crippen MR) is 75.7 cm³/mol. The van der Waals surface area contributed by atoms with Crippen molar-refractivity contribution in [2.75, 3.05) is 27.3 Å². The molecule has 0 aliphatic heterocycles. The van der Waals surface area contributed by atoms with E-state index in [-0.39, 0.29) is 5.91 Å². The number of benzene rings is 1. The van der Waals surface area contributed by atoms with Crippen LogP contribution in [0.15, 0.2) is 24.3 Å². The molecule has 106 valence electrons. The van der Waals surface area contributed by atoms with Gasteiger partial charge in [-0.25, -0.2) is 0 Å². The van der Waals surface area contributed by atoms with Crippen molar-refractivity contribution in [3.63, 3.8) is 0 Å². The van der Waals surface area contributed by atoms with E-state index >= 15 is 0 Å². The van der Waals surface area contributed by atoms with Crippen LogP contribution in [0.1, 0.15) is 26.2 Å². The molecule has 0 saturated heterocycles. The number of amides is 1. The van der Waals surface area contributed by atoms with E-state index in [1.54, 1.807) is 12.0 Å². The van der Waals surface area contributed by atoms with Crippen LogP contribution in [-0.2, 0) is 4.79 Å². The average molecular weight is 265 g/mol. The van der Waals surface area contributed by atoms with Gasteiger partial charge < -0.3 is 14.4 Å². The van der Waals surface area contributed by atoms with Crippen LogP contribution in [0.25, 0.3) is 0 Å². The largest absolute Gasteiger partial charge is 0.497 e. The van der Waals surface area contributed by atoms with E-state index in [0.29, 0.717) is 19.6 Å². The van der Waals surface area contributed by atoms with Gasteiger partial charge in [-0.15, -0.1) is 0 Å². The van der Waals surface area contributed by atoms with Gasteiger partial charge in [0, 0.05) is 13.5 Å². The molecule has 0 fully saturated rings. The number of hydrogen-bond acceptors (Lipinski definition) is 3. The zero-order chi connectivity index (χ0) is 14.1. The second-order valence-corrected chi connectivity index (χ2v) is 4.44. The molecule has 0 unspecified atom stereocenters. The highest BCUT2D eigenvalue weighted by Gasteiger charge is 2.07. The summed E-state index contributed by atoms with van der Waals surface area (Å²) in [5, 5.41) is 0. The first kappa shape index (κ1) is 15.3.